The minimum Gasteiger partial charge on any atom is -0.328 e. The van der Waals surface area contributed by atoms with Crippen LogP contribution in [0.15, 0.2) is 54.2 Å². The molecule has 1 saturated heterocycles. The Balaban J connectivity index is 1.54. The largest absolute Gasteiger partial charge is 0.328 e. The van der Waals surface area contributed by atoms with Crippen molar-refractivity contribution in [2.45, 2.75) is 31.7 Å². The fraction of sp³-hybridized carbons (Fsp3) is 0.238. The van der Waals surface area contributed by atoms with Crippen molar-refractivity contribution in [3.63, 3.8) is 0 Å². The number of nitrogens with one attached hydrogen (secondary N) is 1. The highest BCUT2D eigenvalue weighted by molar-refractivity contribution is 7.80. The summed E-state index contributed by atoms with van der Waals surface area (Å²) in [5.41, 5.74) is 3.40. The van der Waals surface area contributed by atoms with Crippen LogP contribution in [0.3, 0.4) is 0 Å². The number of carbonyl (C=O) groups excluding carboxylic acids is 1. The Morgan fingerprint density at radius 2 is 1.58 bits per heavy atom. The van der Waals surface area contributed by atoms with Crippen LogP contribution in [0.1, 0.15) is 31.2 Å². The second kappa shape index (κ2) is 7.00. The second-order valence-electron chi connectivity index (χ2n) is 6.73. The van der Waals surface area contributed by atoms with Crippen molar-refractivity contribution in [3.05, 3.63) is 65.6 Å². The van der Waals surface area contributed by atoms with Gasteiger partial charge in [0.1, 0.15) is 11.5 Å². The Morgan fingerprint density at radius 3 is 2.19 bits per heavy atom. The van der Waals surface area contributed by atoms with Gasteiger partial charge < -0.3 is 5.32 Å². The maximum atomic E-state index is 13.0. The van der Waals surface area contributed by atoms with Gasteiger partial charge in [0.05, 0.1) is 0 Å². The molecule has 2 aromatic carbocycles. The van der Waals surface area contributed by atoms with Crippen LogP contribution in [0.2, 0.25) is 0 Å². The summed E-state index contributed by atoms with van der Waals surface area (Å²) in [5.74, 6) is -0.284. The Morgan fingerprint density at radius 1 is 1.00 bits per heavy atom. The lowest BCUT2D eigenvalue weighted by Gasteiger charge is -2.21. The van der Waals surface area contributed by atoms with Crippen molar-refractivity contribution >= 4 is 29.3 Å². The Kier molecular flexibility index (Phi) is 4.55. The van der Waals surface area contributed by atoms with E-state index in [9.17, 15) is 9.18 Å². The number of hydrogen-bond acceptors (Lipinski definition) is 2. The number of nitrogens with zero attached hydrogens (tertiary/aromatic N) is 1. The first-order valence-electron chi connectivity index (χ1n) is 8.84. The van der Waals surface area contributed by atoms with Crippen LogP contribution in [0.4, 0.5) is 4.39 Å². The monoisotopic (exact) mass is 366 g/mol. The van der Waals surface area contributed by atoms with Gasteiger partial charge in [-0.15, -0.1) is 0 Å². The first-order chi connectivity index (χ1) is 12.6. The Bertz CT molecular complexity index is 868. The van der Waals surface area contributed by atoms with E-state index < -0.39 is 0 Å². The number of hydrogen-bond donors (Lipinski definition) is 1. The molecule has 132 valence electrons. The standard InChI is InChI=1S/C21H19FN2OS/c22-17-11-9-16(10-12-17)15-7-5-14(6-8-15)13-19-20(25)24(21(26)23-19)18-3-1-2-4-18/h5-13,18H,1-4H2,(H,23,26). The maximum Gasteiger partial charge on any atom is 0.276 e. The van der Waals surface area contributed by atoms with Gasteiger partial charge in [-0.05, 0) is 60.0 Å². The molecule has 0 bridgehead atoms. The van der Waals surface area contributed by atoms with Crippen LogP contribution in [0, 0.1) is 5.82 Å². The molecule has 0 aromatic heterocycles. The molecule has 0 atom stereocenters. The van der Waals surface area contributed by atoms with Crippen molar-refractivity contribution in [1.82, 2.24) is 10.2 Å². The summed E-state index contributed by atoms with van der Waals surface area (Å²) < 4.78 is 13.0. The van der Waals surface area contributed by atoms with E-state index in [0.717, 1.165) is 42.4 Å². The predicted molar refractivity (Wildman–Crippen MR) is 105 cm³/mol. The Labute approximate surface area is 157 Å². The highest BCUT2D eigenvalue weighted by Crippen LogP contribution is 2.28. The highest BCUT2D eigenvalue weighted by atomic mass is 32.1. The third kappa shape index (κ3) is 3.27. The van der Waals surface area contributed by atoms with Gasteiger partial charge in [-0.2, -0.15) is 0 Å². The van der Waals surface area contributed by atoms with Gasteiger partial charge in [0.15, 0.2) is 5.11 Å². The average Bonchev–Trinajstić information content (AvgIpc) is 3.25. The molecule has 3 nitrogen and oxygen atoms in total. The van der Waals surface area contributed by atoms with Gasteiger partial charge in [0.25, 0.3) is 5.91 Å². The summed E-state index contributed by atoms with van der Waals surface area (Å²) in [5, 5.41) is 3.57. The van der Waals surface area contributed by atoms with Crippen LogP contribution < -0.4 is 5.32 Å². The third-order valence-corrected chi connectivity index (χ3v) is 5.30. The molecule has 0 unspecified atom stereocenters. The third-order valence-electron chi connectivity index (χ3n) is 5.00. The second-order valence-corrected chi connectivity index (χ2v) is 7.12. The zero-order valence-electron chi connectivity index (χ0n) is 14.2. The van der Waals surface area contributed by atoms with Crippen molar-refractivity contribution in [2.75, 3.05) is 0 Å². The van der Waals surface area contributed by atoms with Crippen molar-refractivity contribution in [3.8, 4) is 11.1 Å². The van der Waals surface area contributed by atoms with Gasteiger partial charge in [-0.3, -0.25) is 9.69 Å². The molecule has 1 heterocycles. The van der Waals surface area contributed by atoms with E-state index >= 15 is 0 Å². The van der Waals surface area contributed by atoms with Crippen molar-refractivity contribution in [1.29, 1.82) is 0 Å². The lowest BCUT2D eigenvalue weighted by molar-refractivity contribution is -0.123. The van der Waals surface area contributed by atoms with Crippen LogP contribution in [-0.2, 0) is 4.79 Å². The summed E-state index contributed by atoms with van der Waals surface area (Å²) in [7, 11) is 0. The van der Waals surface area contributed by atoms with Gasteiger partial charge in [0, 0.05) is 6.04 Å². The molecule has 26 heavy (non-hydrogen) atoms. The molecule has 2 aromatic rings. The summed E-state index contributed by atoms with van der Waals surface area (Å²) in [6, 6.07) is 14.5. The molecule has 5 heteroatoms. The zero-order valence-corrected chi connectivity index (χ0v) is 15.1. The number of carbonyl (C=O) groups is 1. The first-order valence-corrected chi connectivity index (χ1v) is 9.25. The number of rotatable bonds is 3. The smallest absolute Gasteiger partial charge is 0.276 e. The van der Waals surface area contributed by atoms with Crippen LogP contribution in [-0.4, -0.2) is 22.0 Å². The van der Waals surface area contributed by atoms with Crippen LogP contribution in [0.5, 0.6) is 0 Å². The van der Waals surface area contributed by atoms with Gasteiger partial charge in [-0.1, -0.05) is 49.2 Å². The number of thiocarbonyl (C=S) groups is 1. The van der Waals surface area contributed by atoms with E-state index in [1.165, 1.54) is 12.1 Å². The van der Waals surface area contributed by atoms with E-state index in [1.807, 2.05) is 30.3 Å². The summed E-state index contributed by atoms with van der Waals surface area (Å²) in [4.78, 5) is 14.4. The van der Waals surface area contributed by atoms with Gasteiger partial charge >= 0.3 is 0 Å². The molecule has 4 rings (SSSR count). The Hall–Kier alpha value is -2.53. The van der Waals surface area contributed by atoms with Crippen molar-refractivity contribution in [2.24, 2.45) is 0 Å². The number of halogens is 1. The van der Waals surface area contributed by atoms with Gasteiger partial charge in [-0.25, -0.2) is 4.39 Å². The normalized spacial score (nSPS) is 19.4. The lowest BCUT2D eigenvalue weighted by Crippen LogP contribution is -2.38. The molecule has 2 aliphatic rings. The minimum absolute atomic E-state index is 0.0375. The zero-order chi connectivity index (χ0) is 18.1. The predicted octanol–water partition coefficient (Wildman–Crippen LogP) is 4.49. The fourth-order valence-corrected chi connectivity index (χ4v) is 3.97. The van der Waals surface area contributed by atoms with Crippen molar-refractivity contribution < 1.29 is 9.18 Å². The van der Waals surface area contributed by atoms with Gasteiger partial charge in [0.2, 0.25) is 0 Å². The van der Waals surface area contributed by atoms with E-state index in [1.54, 1.807) is 17.0 Å². The number of benzene rings is 2. The first kappa shape index (κ1) is 16.9. The molecule has 1 saturated carbocycles. The van der Waals surface area contributed by atoms with E-state index in [4.69, 9.17) is 12.2 Å². The molecule has 1 amide bonds. The van der Waals surface area contributed by atoms with E-state index in [0.29, 0.717) is 10.8 Å². The number of amides is 1. The molecule has 1 N–H and O–H groups in total. The molecule has 0 spiro atoms. The molecular weight excluding hydrogens is 347 g/mol. The highest BCUT2D eigenvalue weighted by Gasteiger charge is 2.37. The lowest BCUT2D eigenvalue weighted by atomic mass is 10.0. The summed E-state index contributed by atoms with van der Waals surface area (Å²) in [6.07, 6.45) is 6.18. The topological polar surface area (TPSA) is 32.3 Å². The van der Waals surface area contributed by atoms with Crippen LogP contribution >= 0.6 is 12.2 Å². The van der Waals surface area contributed by atoms with E-state index in [2.05, 4.69) is 5.32 Å². The van der Waals surface area contributed by atoms with E-state index in [-0.39, 0.29) is 17.8 Å². The maximum absolute atomic E-state index is 13.0. The molecule has 1 aliphatic carbocycles. The molecule has 0 radical (unpaired) electrons. The SMILES string of the molecule is O=C1C(=Cc2ccc(-c3ccc(F)cc3)cc2)NC(=S)N1C1CCCC1. The molecule has 1 aliphatic heterocycles. The summed E-state index contributed by atoms with van der Waals surface area (Å²) >= 11 is 5.37. The minimum atomic E-state index is -0.247. The van der Waals surface area contributed by atoms with Crippen LogP contribution in [0.25, 0.3) is 17.2 Å². The quantitative estimate of drug-likeness (QED) is 0.642. The molecule has 2 fully saturated rings. The molecular formula is C21H19FN2OS. The average molecular weight is 366 g/mol. The fourth-order valence-electron chi connectivity index (χ4n) is 3.62. The summed E-state index contributed by atoms with van der Waals surface area (Å²) in [6.45, 7) is 0.